The zero-order chi connectivity index (χ0) is 13.0. The number of carbonyl (C=O) groups excluding carboxylic acids is 1. The molecule has 1 amide bonds. The predicted octanol–water partition coefficient (Wildman–Crippen LogP) is 1.96. The Labute approximate surface area is 112 Å². The molecule has 1 fully saturated rings. The summed E-state index contributed by atoms with van der Waals surface area (Å²) in [7, 11) is 0. The average Bonchev–Trinajstić information content (AvgIpc) is 2.40. The minimum absolute atomic E-state index is 0.0372. The quantitative estimate of drug-likeness (QED) is 0.835. The van der Waals surface area contributed by atoms with Gasteiger partial charge in [0, 0.05) is 19.1 Å². The third-order valence-electron chi connectivity index (χ3n) is 3.06. The van der Waals surface area contributed by atoms with E-state index in [1.165, 1.54) is 0 Å². The molecule has 4 nitrogen and oxygen atoms in total. The van der Waals surface area contributed by atoms with E-state index in [0.717, 1.165) is 5.56 Å². The van der Waals surface area contributed by atoms with Gasteiger partial charge in [0.25, 0.3) is 0 Å². The molecule has 1 aliphatic rings. The molecule has 2 N–H and O–H groups in total. The molecule has 18 heavy (non-hydrogen) atoms. The Kier molecular flexibility index (Phi) is 4.44. The van der Waals surface area contributed by atoms with Crippen LogP contribution in [0.4, 0.5) is 4.79 Å². The van der Waals surface area contributed by atoms with Gasteiger partial charge in [-0.2, -0.15) is 0 Å². The maximum atomic E-state index is 11.8. The predicted molar refractivity (Wildman–Crippen MR) is 70.4 cm³/mol. The number of alkyl halides is 1. The Morgan fingerprint density at radius 3 is 2.83 bits per heavy atom. The molecule has 1 saturated heterocycles. The van der Waals surface area contributed by atoms with Crippen LogP contribution in [0, 0.1) is 0 Å². The van der Waals surface area contributed by atoms with Crippen molar-refractivity contribution in [1.29, 1.82) is 0 Å². The highest BCUT2D eigenvalue weighted by Crippen LogP contribution is 2.15. The molecule has 1 aliphatic heterocycles. The fraction of sp³-hybridized carbons (Fsp3) is 0.462. The first-order chi connectivity index (χ1) is 8.66. The van der Waals surface area contributed by atoms with Gasteiger partial charge in [0.15, 0.2) is 0 Å². The van der Waals surface area contributed by atoms with Crippen LogP contribution < -0.4 is 5.73 Å². The fourth-order valence-corrected chi connectivity index (χ4v) is 2.19. The van der Waals surface area contributed by atoms with Gasteiger partial charge in [0.1, 0.15) is 6.61 Å². The Hall–Kier alpha value is -1.26. The molecule has 0 aliphatic carbocycles. The summed E-state index contributed by atoms with van der Waals surface area (Å²) in [6.07, 6.45) is 0.394. The summed E-state index contributed by atoms with van der Waals surface area (Å²) in [6, 6.07) is 9.56. The van der Waals surface area contributed by atoms with Gasteiger partial charge in [-0.15, -0.1) is 11.6 Å². The van der Waals surface area contributed by atoms with E-state index < -0.39 is 0 Å². The summed E-state index contributed by atoms with van der Waals surface area (Å²) in [5, 5.41) is -0.192. The monoisotopic (exact) mass is 268 g/mol. The minimum atomic E-state index is -0.323. The smallest absolute Gasteiger partial charge is 0.410 e. The molecular weight excluding hydrogens is 252 g/mol. The van der Waals surface area contributed by atoms with Crippen molar-refractivity contribution in [3.8, 4) is 0 Å². The zero-order valence-corrected chi connectivity index (χ0v) is 10.8. The van der Waals surface area contributed by atoms with E-state index in [2.05, 4.69) is 0 Å². The van der Waals surface area contributed by atoms with E-state index in [4.69, 9.17) is 22.1 Å². The first-order valence-electron chi connectivity index (χ1n) is 6.02. The normalized spacial score (nSPS) is 23.8. The van der Waals surface area contributed by atoms with Crippen molar-refractivity contribution in [1.82, 2.24) is 4.90 Å². The maximum Gasteiger partial charge on any atom is 0.410 e. The number of amides is 1. The maximum absolute atomic E-state index is 11.8. The van der Waals surface area contributed by atoms with E-state index in [9.17, 15) is 4.79 Å². The molecule has 2 rings (SSSR count). The number of hydrogen-bond donors (Lipinski definition) is 1. The third kappa shape index (κ3) is 3.37. The van der Waals surface area contributed by atoms with Gasteiger partial charge in [-0.25, -0.2) is 4.79 Å². The Bertz CT molecular complexity index is 399. The van der Waals surface area contributed by atoms with E-state index in [1.54, 1.807) is 4.90 Å². The summed E-state index contributed by atoms with van der Waals surface area (Å²) < 4.78 is 5.24. The number of halogens is 1. The van der Waals surface area contributed by atoms with Crippen LogP contribution in [0.2, 0.25) is 0 Å². The standard InChI is InChI=1S/C13H17ClN2O2/c14-11-8-16(7-6-12(11)15)13(17)18-9-10-4-2-1-3-5-10/h1-5,11-12H,6-9,15H2/t11-,12-/m0/s1. The summed E-state index contributed by atoms with van der Waals surface area (Å²) in [4.78, 5) is 13.4. The molecule has 98 valence electrons. The second-order valence-corrected chi connectivity index (χ2v) is 5.02. The number of ether oxygens (including phenoxy) is 1. The van der Waals surface area contributed by atoms with Gasteiger partial charge in [0.05, 0.1) is 5.38 Å². The number of nitrogens with two attached hydrogens (primary N) is 1. The van der Waals surface area contributed by atoms with Crippen molar-refractivity contribution in [3.63, 3.8) is 0 Å². The van der Waals surface area contributed by atoms with Crippen LogP contribution in [0.15, 0.2) is 30.3 Å². The molecule has 0 bridgehead atoms. The van der Waals surface area contributed by atoms with Crippen LogP contribution in [0.25, 0.3) is 0 Å². The van der Waals surface area contributed by atoms with Crippen LogP contribution >= 0.6 is 11.6 Å². The number of rotatable bonds is 2. The van der Waals surface area contributed by atoms with Crippen LogP contribution in [-0.2, 0) is 11.3 Å². The second kappa shape index (κ2) is 6.07. The molecular formula is C13H17ClN2O2. The summed E-state index contributed by atoms with van der Waals surface area (Å²) in [6.45, 7) is 1.35. The lowest BCUT2D eigenvalue weighted by atomic mass is 10.1. The molecule has 1 heterocycles. The van der Waals surface area contributed by atoms with Gasteiger partial charge in [-0.3, -0.25) is 0 Å². The lowest BCUT2D eigenvalue weighted by Gasteiger charge is -2.32. The number of nitrogens with zero attached hydrogens (tertiary/aromatic N) is 1. The highest BCUT2D eigenvalue weighted by molar-refractivity contribution is 6.21. The Morgan fingerprint density at radius 2 is 2.17 bits per heavy atom. The molecule has 1 aromatic carbocycles. The van der Waals surface area contributed by atoms with Crippen LogP contribution in [0.5, 0.6) is 0 Å². The SMILES string of the molecule is N[C@H]1CCN(C(=O)OCc2ccccc2)C[C@@H]1Cl. The summed E-state index contributed by atoms with van der Waals surface area (Å²) in [5.41, 5.74) is 6.77. The number of likely N-dealkylation sites (tertiary alicyclic amines) is 1. The summed E-state index contributed by atoms with van der Waals surface area (Å²) >= 11 is 6.05. The topological polar surface area (TPSA) is 55.6 Å². The van der Waals surface area contributed by atoms with Gasteiger partial charge >= 0.3 is 6.09 Å². The van der Waals surface area contributed by atoms with Crippen molar-refractivity contribution in [2.45, 2.75) is 24.4 Å². The lowest BCUT2D eigenvalue weighted by Crippen LogP contribution is -2.50. The van der Waals surface area contributed by atoms with Gasteiger partial charge < -0.3 is 15.4 Å². The van der Waals surface area contributed by atoms with Crippen molar-refractivity contribution in [3.05, 3.63) is 35.9 Å². The number of benzene rings is 1. The van der Waals surface area contributed by atoms with Crippen molar-refractivity contribution >= 4 is 17.7 Å². The molecule has 0 saturated carbocycles. The first kappa shape index (κ1) is 13.2. The molecule has 0 spiro atoms. The molecule has 2 atom stereocenters. The highest BCUT2D eigenvalue weighted by atomic mass is 35.5. The second-order valence-electron chi connectivity index (χ2n) is 4.45. The molecule has 0 aromatic heterocycles. The van der Waals surface area contributed by atoms with Crippen LogP contribution in [-0.4, -0.2) is 35.5 Å². The molecule has 0 unspecified atom stereocenters. The van der Waals surface area contributed by atoms with E-state index >= 15 is 0 Å². The summed E-state index contributed by atoms with van der Waals surface area (Å²) in [5.74, 6) is 0. The zero-order valence-electron chi connectivity index (χ0n) is 10.1. The van der Waals surface area contributed by atoms with Gasteiger partial charge in [-0.05, 0) is 12.0 Å². The van der Waals surface area contributed by atoms with Gasteiger partial charge in [0.2, 0.25) is 0 Å². The van der Waals surface area contributed by atoms with E-state index in [-0.39, 0.29) is 24.1 Å². The van der Waals surface area contributed by atoms with E-state index in [1.807, 2.05) is 30.3 Å². The average molecular weight is 269 g/mol. The van der Waals surface area contributed by atoms with Crippen molar-refractivity contribution < 1.29 is 9.53 Å². The lowest BCUT2D eigenvalue weighted by molar-refractivity contribution is 0.0880. The van der Waals surface area contributed by atoms with Crippen LogP contribution in [0.3, 0.4) is 0 Å². The van der Waals surface area contributed by atoms with Crippen molar-refractivity contribution in [2.24, 2.45) is 5.73 Å². The van der Waals surface area contributed by atoms with Gasteiger partial charge in [-0.1, -0.05) is 30.3 Å². The van der Waals surface area contributed by atoms with Crippen LogP contribution in [0.1, 0.15) is 12.0 Å². The fourth-order valence-electron chi connectivity index (χ4n) is 1.90. The number of carbonyl (C=O) groups is 1. The Balaban J connectivity index is 1.82. The number of piperidine rings is 1. The molecule has 0 radical (unpaired) electrons. The Morgan fingerprint density at radius 1 is 1.44 bits per heavy atom. The van der Waals surface area contributed by atoms with E-state index in [0.29, 0.717) is 19.5 Å². The largest absolute Gasteiger partial charge is 0.445 e. The third-order valence-corrected chi connectivity index (χ3v) is 3.52. The highest BCUT2D eigenvalue weighted by Gasteiger charge is 2.28. The molecule has 1 aromatic rings. The first-order valence-corrected chi connectivity index (χ1v) is 6.46. The number of hydrogen-bond acceptors (Lipinski definition) is 3. The molecule has 5 heteroatoms. The van der Waals surface area contributed by atoms with Crippen molar-refractivity contribution in [2.75, 3.05) is 13.1 Å². The minimum Gasteiger partial charge on any atom is -0.445 e.